The lowest BCUT2D eigenvalue weighted by atomic mass is 10.1. The van der Waals surface area contributed by atoms with Gasteiger partial charge >= 0.3 is 0 Å². The maximum atomic E-state index is 14.1. The number of benzene rings is 1. The fourth-order valence-electron chi connectivity index (χ4n) is 7.15. The van der Waals surface area contributed by atoms with Crippen molar-refractivity contribution in [2.45, 2.75) is 107 Å². The highest BCUT2D eigenvalue weighted by atomic mass is 32.2. The van der Waals surface area contributed by atoms with E-state index in [1.165, 1.54) is 11.3 Å². The van der Waals surface area contributed by atoms with Crippen LogP contribution < -0.4 is 19.5 Å². The van der Waals surface area contributed by atoms with Gasteiger partial charge in [0.2, 0.25) is 21.8 Å². The Hall–Kier alpha value is -4.04. The third-order valence-electron chi connectivity index (χ3n) is 10.5. The van der Waals surface area contributed by atoms with Gasteiger partial charge in [-0.05, 0) is 63.5 Å². The van der Waals surface area contributed by atoms with Gasteiger partial charge in [0.15, 0.2) is 0 Å². The van der Waals surface area contributed by atoms with Gasteiger partial charge < -0.3 is 19.7 Å². The summed E-state index contributed by atoms with van der Waals surface area (Å²) in [6.45, 7) is 6.30. The molecule has 14 heteroatoms. The summed E-state index contributed by atoms with van der Waals surface area (Å²) in [6, 6.07) is 4.74. The minimum Gasteiger partial charge on any atom is -0.496 e. The van der Waals surface area contributed by atoms with Crippen LogP contribution in [0.3, 0.4) is 0 Å². The van der Waals surface area contributed by atoms with E-state index in [-0.39, 0.29) is 43.6 Å². The molecule has 1 saturated heterocycles. The van der Waals surface area contributed by atoms with Crippen molar-refractivity contribution in [1.82, 2.24) is 24.9 Å². The fourth-order valence-corrected chi connectivity index (χ4v) is 9.45. The quantitative estimate of drug-likeness (QED) is 0.299. The molecule has 4 atom stereocenters. The molecule has 3 aromatic rings. The Morgan fingerprint density at radius 1 is 1.14 bits per heavy atom. The summed E-state index contributed by atoms with van der Waals surface area (Å²) in [5.41, 5.74) is 1.78. The van der Waals surface area contributed by atoms with E-state index in [1.807, 2.05) is 42.7 Å². The molecule has 0 spiro atoms. The Morgan fingerprint density at radius 3 is 2.67 bits per heavy atom. The van der Waals surface area contributed by atoms with E-state index >= 15 is 0 Å². The molecule has 2 aliphatic carbocycles. The van der Waals surface area contributed by atoms with Crippen LogP contribution >= 0.6 is 11.3 Å². The van der Waals surface area contributed by atoms with Crippen molar-refractivity contribution in [3.63, 3.8) is 0 Å². The van der Waals surface area contributed by atoms with Crippen LogP contribution in [0.2, 0.25) is 0 Å². The first-order chi connectivity index (χ1) is 24.4. The normalized spacial score (nSPS) is 26.2. The summed E-state index contributed by atoms with van der Waals surface area (Å²) in [5.74, 6) is -0.217. The summed E-state index contributed by atoms with van der Waals surface area (Å²) in [5, 5.41) is 5.90. The number of rotatable bonds is 8. The molecule has 51 heavy (non-hydrogen) atoms. The third kappa shape index (κ3) is 7.09. The molecule has 1 unspecified atom stereocenters. The third-order valence-corrected chi connectivity index (χ3v) is 13.2. The first kappa shape index (κ1) is 35.4. The number of methoxy groups -OCH3 is 1. The number of aromatic nitrogens is 2. The summed E-state index contributed by atoms with van der Waals surface area (Å²) in [6.07, 6.45) is 8.34. The predicted octanol–water partition coefficient (Wildman–Crippen LogP) is 5.15. The highest BCUT2D eigenvalue weighted by molar-refractivity contribution is 7.91. The van der Waals surface area contributed by atoms with E-state index in [0.717, 1.165) is 40.9 Å². The number of carbonyl (C=O) groups is 3. The molecule has 7 rings (SSSR count). The molecule has 4 heterocycles. The van der Waals surface area contributed by atoms with Crippen LogP contribution in [0.4, 0.5) is 0 Å². The standard InChI is InChI=1S/C37H45N5O7S2/c1-21(2)28-20-50-35(39-28)27-17-31(26-14-15-30(48-4)22(3)33(26)38-27)49-24-16-29-34(44)40-37(36(45)41-51(46,47)25-12-13-25)18-23(37)10-8-6-5-7-9-11-32(43)42(29)19-24/h8,10,14-15,17,20-21,23-25,29H,5-7,9,11-13,16,18-19H2,1-4H3,(H,40,44)(H,41,45)/b10-8-/t23-,24?,29+,37-/m1/s1. The maximum Gasteiger partial charge on any atom is 0.259 e. The molecule has 0 bridgehead atoms. The Morgan fingerprint density at radius 2 is 1.94 bits per heavy atom. The number of fused-ring (bicyclic) bond motifs is 3. The van der Waals surface area contributed by atoms with Gasteiger partial charge in [0.05, 0.1) is 30.1 Å². The highest BCUT2D eigenvalue weighted by Gasteiger charge is 2.62. The lowest BCUT2D eigenvalue weighted by Gasteiger charge is -2.26. The highest BCUT2D eigenvalue weighted by Crippen LogP contribution is 2.46. The molecule has 4 aliphatic rings. The number of amides is 3. The predicted molar refractivity (Wildman–Crippen MR) is 194 cm³/mol. The molecular formula is C37H45N5O7S2. The van der Waals surface area contributed by atoms with Gasteiger partial charge in [0.25, 0.3) is 5.91 Å². The molecule has 0 radical (unpaired) electrons. The minimum atomic E-state index is -3.82. The molecule has 272 valence electrons. The number of nitrogens with one attached hydrogen (secondary N) is 2. The van der Waals surface area contributed by atoms with Gasteiger partial charge in [-0.25, -0.2) is 18.4 Å². The summed E-state index contributed by atoms with van der Waals surface area (Å²) in [4.78, 5) is 52.8. The second kappa shape index (κ2) is 13.8. The lowest BCUT2D eigenvalue weighted by molar-refractivity contribution is -0.139. The molecule has 12 nitrogen and oxygen atoms in total. The Kier molecular flexibility index (Phi) is 9.59. The van der Waals surface area contributed by atoms with Crippen LogP contribution in [-0.4, -0.2) is 77.6 Å². The molecule has 2 aliphatic heterocycles. The summed E-state index contributed by atoms with van der Waals surface area (Å²) in [7, 11) is -2.21. The second-order valence-corrected chi connectivity index (χ2v) is 17.4. The van der Waals surface area contributed by atoms with Crippen molar-refractivity contribution in [2.75, 3.05) is 13.7 Å². The van der Waals surface area contributed by atoms with Crippen molar-refractivity contribution >= 4 is 50.0 Å². The van der Waals surface area contributed by atoms with Crippen molar-refractivity contribution in [1.29, 1.82) is 0 Å². The average molecular weight is 736 g/mol. The largest absolute Gasteiger partial charge is 0.496 e. The zero-order valence-corrected chi connectivity index (χ0v) is 31.1. The average Bonchev–Trinajstić information content (AvgIpc) is 3.97. The van der Waals surface area contributed by atoms with Gasteiger partial charge in [0, 0.05) is 41.2 Å². The van der Waals surface area contributed by atoms with Crippen LogP contribution in [0.1, 0.15) is 88.8 Å². The minimum absolute atomic E-state index is 0.152. The molecule has 2 N–H and O–H groups in total. The first-order valence-corrected chi connectivity index (χ1v) is 20.3. The Balaban J connectivity index is 1.19. The number of hydrogen-bond donors (Lipinski definition) is 2. The number of ether oxygens (including phenoxy) is 2. The molecule has 2 aromatic heterocycles. The van der Waals surface area contributed by atoms with Crippen LogP contribution in [0, 0.1) is 12.8 Å². The number of carbonyl (C=O) groups excluding carboxylic acids is 3. The van der Waals surface area contributed by atoms with E-state index in [9.17, 15) is 22.8 Å². The van der Waals surface area contributed by atoms with Gasteiger partial charge in [0.1, 0.15) is 39.9 Å². The number of hydrogen-bond acceptors (Lipinski definition) is 10. The maximum absolute atomic E-state index is 14.1. The molecular weight excluding hydrogens is 691 g/mol. The first-order valence-electron chi connectivity index (χ1n) is 17.8. The van der Waals surface area contributed by atoms with E-state index in [1.54, 1.807) is 12.0 Å². The smallest absolute Gasteiger partial charge is 0.259 e. The van der Waals surface area contributed by atoms with E-state index in [0.29, 0.717) is 42.0 Å². The molecule has 1 aromatic carbocycles. The van der Waals surface area contributed by atoms with E-state index in [4.69, 9.17) is 19.4 Å². The van der Waals surface area contributed by atoms with Crippen LogP contribution in [-0.2, 0) is 24.4 Å². The zero-order valence-electron chi connectivity index (χ0n) is 29.4. The number of aryl methyl sites for hydroxylation is 1. The van der Waals surface area contributed by atoms with Crippen LogP contribution in [0.15, 0.2) is 35.7 Å². The van der Waals surface area contributed by atoms with Crippen molar-refractivity contribution < 1.29 is 32.3 Å². The lowest BCUT2D eigenvalue weighted by Crippen LogP contribution is -2.56. The fraction of sp³-hybridized carbons (Fsp3) is 0.541. The van der Waals surface area contributed by atoms with Gasteiger partial charge in [-0.15, -0.1) is 11.3 Å². The Bertz CT molecular complexity index is 2010. The van der Waals surface area contributed by atoms with E-state index in [2.05, 4.69) is 23.9 Å². The van der Waals surface area contributed by atoms with Crippen LogP contribution in [0.5, 0.6) is 11.5 Å². The van der Waals surface area contributed by atoms with Gasteiger partial charge in [-0.2, -0.15) is 0 Å². The van der Waals surface area contributed by atoms with Gasteiger partial charge in [-0.3, -0.25) is 19.1 Å². The monoisotopic (exact) mass is 735 g/mol. The Labute approximate surface area is 302 Å². The number of sulfonamides is 1. The number of nitrogens with zero attached hydrogens (tertiary/aromatic N) is 3. The van der Waals surface area contributed by atoms with Crippen LogP contribution in [0.25, 0.3) is 21.6 Å². The van der Waals surface area contributed by atoms with Crippen molar-refractivity contribution in [2.24, 2.45) is 5.92 Å². The second-order valence-electron chi connectivity index (χ2n) is 14.5. The molecule has 3 fully saturated rings. The zero-order chi connectivity index (χ0) is 36.1. The summed E-state index contributed by atoms with van der Waals surface area (Å²) >= 11 is 1.51. The SMILES string of the molecule is COc1ccc2c(OC3C[C@H]4C(=O)N[C@]5(C(=O)NS(=O)(=O)C6CC6)C[C@H]5/C=C\CCCCCC(=O)N4C3)cc(-c3nc(C(C)C)cs3)nc2c1C. The van der Waals surface area contributed by atoms with Crippen molar-refractivity contribution in [3.05, 3.63) is 47.0 Å². The van der Waals surface area contributed by atoms with Crippen molar-refractivity contribution in [3.8, 4) is 22.2 Å². The van der Waals surface area contributed by atoms with E-state index < -0.39 is 44.8 Å². The number of thiazole rings is 1. The van der Waals surface area contributed by atoms with Gasteiger partial charge in [-0.1, -0.05) is 32.4 Å². The molecule has 3 amide bonds. The number of pyridine rings is 1. The molecule has 2 saturated carbocycles. The number of allylic oxidation sites excluding steroid dienone is 1. The summed E-state index contributed by atoms with van der Waals surface area (Å²) < 4.78 is 40.1. The topological polar surface area (TPSA) is 157 Å².